The predicted molar refractivity (Wildman–Crippen MR) is 72.2 cm³/mol. The van der Waals surface area contributed by atoms with Crippen molar-refractivity contribution >= 4 is 0 Å². The first-order valence-corrected chi connectivity index (χ1v) is 6.69. The Morgan fingerprint density at radius 3 is 2.59 bits per heavy atom. The van der Waals surface area contributed by atoms with Crippen LogP contribution in [0.15, 0.2) is 18.2 Å². The van der Waals surface area contributed by atoms with E-state index in [-0.39, 0.29) is 11.5 Å². The zero-order chi connectivity index (χ0) is 12.6. The molecule has 2 unspecified atom stereocenters. The highest BCUT2D eigenvalue weighted by atomic mass is 16.3. The Morgan fingerprint density at radius 1 is 1.24 bits per heavy atom. The molecule has 1 aliphatic carbocycles. The molecule has 0 saturated heterocycles. The smallest absolute Gasteiger partial charge is 0.0795 e. The van der Waals surface area contributed by atoms with E-state index in [4.69, 9.17) is 0 Å². The van der Waals surface area contributed by atoms with Gasteiger partial charge in [0, 0.05) is 0 Å². The number of rotatable bonds is 0. The van der Waals surface area contributed by atoms with E-state index < -0.39 is 0 Å². The van der Waals surface area contributed by atoms with Crippen LogP contribution in [0, 0.1) is 5.92 Å². The second kappa shape index (κ2) is 4.45. The van der Waals surface area contributed by atoms with Gasteiger partial charge >= 0.3 is 0 Å². The molecule has 1 nitrogen and oxygen atoms in total. The second-order valence-electron chi connectivity index (χ2n) is 6.56. The molecule has 0 fully saturated rings. The van der Waals surface area contributed by atoms with Crippen molar-refractivity contribution in [2.75, 3.05) is 0 Å². The number of benzene rings is 1. The Balaban J connectivity index is 2.41. The number of hydrogen-bond donors (Lipinski definition) is 1. The summed E-state index contributed by atoms with van der Waals surface area (Å²) in [5.74, 6) is 0.621. The Morgan fingerprint density at radius 2 is 1.94 bits per heavy atom. The van der Waals surface area contributed by atoms with E-state index in [9.17, 15) is 5.11 Å². The summed E-state index contributed by atoms with van der Waals surface area (Å²) in [4.78, 5) is 0. The normalized spacial score (nSPS) is 25.2. The molecule has 0 bridgehead atoms. The average Bonchev–Trinajstić information content (AvgIpc) is 2.37. The van der Waals surface area contributed by atoms with Crippen molar-refractivity contribution in [2.45, 2.75) is 58.5 Å². The highest BCUT2D eigenvalue weighted by Gasteiger charge is 2.23. The average molecular weight is 232 g/mol. The van der Waals surface area contributed by atoms with Gasteiger partial charge in [-0.2, -0.15) is 0 Å². The maximum absolute atomic E-state index is 10.3. The predicted octanol–water partition coefficient (Wildman–Crippen LogP) is 3.99. The molecular formula is C16H24O. The van der Waals surface area contributed by atoms with Gasteiger partial charge in [-0.3, -0.25) is 0 Å². The van der Waals surface area contributed by atoms with Gasteiger partial charge in [0.25, 0.3) is 0 Å². The Bertz CT molecular complexity index is 400. The van der Waals surface area contributed by atoms with E-state index in [1.807, 2.05) is 0 Å². The van der Waals surface area contributed by atoms with E-state index in [0.29, 0.717) is 5.92 Å². The van der Waals surface area contributed by atoms with Gasteiger partial charge in [-0.15, -0.1) is 0 Å². The van der Waals surface area contributed by atoms with Crippen molar-refractivity contribution in [1.29, 1.82) is 0 Å². The Hall–Kier alpha value is -0.820. The first-order chi connectivity index (χ1) is 7.88. The lowest BCUT2D eigenvalue weighted by molar-refractivity contribution is 0.150. The highest BCUT2D eigenvalue weighted by molar-refractivity contribution is 5.37. The third kappa shape index (κ3) is 2.71. The van der Waals surface area contributed by atoms with E-state index in [1.165, 1.54) is 23.1 Å². The molecule has 94 valence electrons. The van der Waals surface area contributed by atoms with Crippen molar-refractivity contribution in [3.05, 3.63) is 34.9 Å². The molecule has 2 atom stereocenters. The fourth-order valence-electron chi connectivity index (χ4n) is 2.63. The van der Waals surface area contributed by atoms with E-state index in [0.717, 1.165) is 12.8 Å². The van der Waals surface area contributed by atoms with Gasteiger partial charge in [-0.05, 0) is 47.3 Å². The SMILES string of the molecule is CC1CCc2ccc(C(C)(C)C)cc2C(O)C1. The standard InChI is InChI=1S/C16H24O/c1-11-5-6-12-7-8-13(16(2,3)4)10-14(12)15(17)9-11/h7-8,10-11,15,17H,5-6,9H2,1-4H3. The summed E-state index contributed by atoms with van der Waals surface area (Å²) in [6.07, 6.45) is 2.93. The van der Waals surface area contributed by atoms with Crippen LogP contribution in [-0.4, -0.2) is 5.11 Å². The molecule has 1 aromatic carbocycles. The number of fused-ring (bicyclic) bond motifs is 1. The summed E-state index contributed by atoms with van der Waals surface area (Å²) in [6.45, 7) is 8.90. The quantitative estimate of drug-likeness (QED) is 0.671. The van der Waals surface area contributed by atoms with Gasteiger partial charge in [0.15, 0.2) is 0 Å². The molecule has 2 rings (SSSR count). The van der Waals surface area contributed by atoms with Gasteiger partial charge in [0.1, 0.15) is 0 Å². The molecule has 1 N–H and O–H groups in total. The van der Waals surface area contributed by atoms with Crippen molar-refractivity contribution in [3.63, 3.8) is 0 Å². The summed E-state index contributed by atoms with van der Waals surface area (Å²) in [7, 11) is 0. The summed E-state index contributed by atoms with van der Waals surface area (Å²) in [5, 5.41) is 10.3. The number of aliphatic hydroxyl groups excluding tert-OH is 1. The molecule has 0 aliphatic heterocycles. The fourth-order valence-corrected chi connectivity index (χ4v) is 2.63. The zero-order valence-corrected chi connectivity index (χ0v) is 11.5. The van der Waals surface area contributed by atoms with Crippen LogP contribution in [0.3, 0.4) is 0 Å². The van der Waals surface area contributed by atoms with Crippen molar-refractivity contribution in [1.82, 2.24) is 0 Å². The van der Waals surface area contributed by atoms with Crippen molar-refractivity contribution < 1.29 is 5.11 Å². The molecule has 0 saturated carbocycles. The summed E-state index contributed by atoms with van der Waals surface area (Å²) < 4.78 is 0. The third-order valence-electron chi connectivity index (χ3n) is 3.90. The van der Waals surface area contributed by atoms with Crippen LogP contribution >= 0.6 is 0 Å². The zero-order valence-electron chi connectivity index (χ0n) is 11.5. The lowest BCUT2D eigenvalue weighted by Gasteiger charge is -2.22. The van der Waals surface area contributed by atoms with Crippen LogP contribution in [0.1, 0.15) is 63.3 Å². The molecular weight excluding hydrogens is 208 g/mol. The fraction of sp³-hybridized carbons (Fsp3) is 0.625. The van der Waals surface area contributed by atoms with E-state index in [2.05, 4.69) is 45.9 Å². The van der Waals surface area contributed by atoms with E-state index in [1.54, 1.807) is 0 Å². The summed E-state index contributed by atoms with van der Waals surface area (Å²) in [6, 6.07) is 6.66. The van der Waals surface area contributed by atoms with Crippen molar-refractivity contribution in [3.8, 4) is 0 Å². The van der Waals surface area contributed by atoms with Crippen LogP contribution in [-0.2, 0) is 11.8 Å². The topological polar surface area (TPSA) is 20.2 Å². The van der Waals surface area contributed by atoms with Crippen LogP contribution < -0.4 is 0 Å². The van der Waals surface area contributed by atoms with Crippen LogP contribution in [0.25, 0.3) is 0 Å². The second-order valence-corrected chi connectivity index (χ2v) is 6.56. The molecule has 0 radical (unpaired) electrons. The molecule has 1 aliphatic rings. The Kier molecular flexibility index (Phi) is 3.31. The first-order valence-electron chi connectivity index (χ1n) is 6.69. The molecule has 0 amide bonds. The molecule has 1 heteroatoms. The lowest BCUT2D eigenvalue weighted by Crippen LogP contribution is -2.12. The highest BCUT2D eigenvalue weighted by Crippen LogP contribution is 2.34. The third-order valence-corrected chi connectivity index (χ3v) is 3.90. The van der Waals surface area contributed by atoms with E-state index >= 15 is 0 Å². The van der Waals surface area contributed by atoms with Crippen LogP contribution in [0.4, 0.5) is 0 Å². The summed E-state index contributed by atoms with van der Waals surface area (Å²) in [5.41, 5.74) is 3.99. The molecule has 17 heavy (non-hydrogen) atoms. The number of aryl methyl sites for hydroxylation is 1. The van der Waals surface area contributed by atoms with Gasteiger partial charge in [-0.1, -0.05) is 45.9 Å². The van der Waals surface area contributed by atoms with Crippen LogP contribution in [0.2, 0.25) is 0 Å². The molecule has 1 aromatic rings. The minimum absolute atomic E-state index is 0.159. The maximum atomic E-state index is 10.3. The minimum atomic E-state index is -0.273. The maximum Gasteiger partial charge on any atom is 0.0795 e. The van der Waals surface area contributed by atoms with Gasteiger partial charge in [0.05, 0.1) is 6.10 Å². The minimum Gasteiger partial charge on any atom is -0.388 e. The molecule has 0 aromatic heterocycles. The van der Waals surface area contributed by atoms with Gasteiger partial charge in [-0.25, -0.2) is 0 Å². The van der Waals surface area contributed by atoms with Crippen molar-refractivity contribution in [2.24, 2.45) is 5.92 Å². The number of aliphatic hydroxyl groups is 1. The number of hydrogen-bond acceptors (Lipinski definition) is 1. The molecule has 0 heterocycles. The largest absolute Gasteiger partial charge is 0.388 e. The Labute approximate surface area is 105 Å². The monoisotopic (exact) mass is 232 g/mol. The van der Waals surface area contributed by atoms with Gasteiger partial charge in [0.2, 0.25) is 0 Å². The summed E-state index contributed by atoms with van der Waals surface area (Å²) >= 11 is 0. The van der Waals surface area contributed by atoms with Gasteiger partial charge < -0.3 is 5.11 Å². The lowest BCUT2D eigenvalue weighted by atomic mass is 9.84. The first kappa shape index (κ1) is 12.6. The molecule has 0 spiro atoms. The van der Waals surface area contributed by atoms with Crippen LogP contribution in [0.5, 0.6) is 0 Å².